The van der Waals surface area contributed by atoms with E-state index in [0.717, 1.165) is 4.31 Å². The Morgan fingerprint density at radius 3 is 2.38 bits per heavy atom. The fourth-order valence-corrected chi connectivity index (χ4v) is 3.20. The van der Waals surface area contributed by atoms with Crippen LogP contribution >= 0.6 is 11.6 Å². The van der Waals surface area contributed by atoms with Crippen molar-refractivity contribution in [3.63, 3.8) is 0 Å². The first-order valence-corrected chi connectivity index (χ1v) is 9.59. The number of aliphatic imine (C=N–C) groups is 1. The van der Waals surface area contributed by atoms with Gasteiger partial charge in [-0.2, -0.15) is 17.7 Å². The number of nitrogens with one attached hydrogen (secondary N) is 2. The Morgan fingerprint density at radius 2 is 1.88 bits per heavy atom. The molecule has 0 atom stereocenters. The second-order valence-electron chi connectivity index (χ2n) is 5.39. The molecule has 1 heterocycles. The summed E-state index contributed by atoms with van der Waals surface area (Å²) in [5.74, 6) is -1.60. The number of hydrogen-bond acceptors (Lipinski definition) is 7. The van der Waals surface area contributed by atoms with Crippen molar-refractivity contribution in [2.24, 2.45) is 10.7 Å². The maximum atomic E-state index is 12.2. The van der Waals surface area contributed by atoms with Crippen molar-refractivity contribution in [3.8, 4) is 0 Å². The summed E-state index contributed by atoms with van der Waals surface area (Å²) in [7, 11) is -3.92. The van der Waals surface area contributed by atoms with Crippen LogP contribution in [0.3, 0.4) is 0 Å². The number of guanidine groups is 1. The van der Waals surface area contributed by atoms with Crippen molar-refractivity contribution in [2.75, 3.05) is 24.1 Å². The molecule has 13 heteroatoms. The fraction of sp³-hybridized carbons (Fsp3) is 0.538. The molecule has 0 fully saturated rings. The van der Waals surface area contributed by atoms with Gasteiger partial charge in [0, 0.05) is 19.1 Å². The minimum absolute atomic E-state index is 0.0194. The molecule has 0 radical (unpaired) electrons. The predicted molar refractivity (Wildman–Crippen MR) is 101 cm³/mol. The highest BCUT2D eigenvalue weighted by Gasteiger charge is 2.21. The summed E-state index contributed by atoms with van der Waals surface area (Å²) in [6.07, 6.45) is 0. The molecule has 1 amide bonds. The third-order valence-electron chi connectivity index (χ3n) is 3.01. The van der Waals surface area contributed by atoms with Gasteiger partial charge >= 0.3 is 16.1 Å². The molecule has 1 aromatic heterocycles. The Kier molecular flexibility index (Phi) is 7.54. The van der Waals surface area contributed by atoms with Crippen LogP contribution in [0.25, 0.3) is 0 Å². The molecule has 11 nitrogen and oxygen atoms in total. The van der Waals surface area contributed by atoms with Crippen molar-refractivity contribution < 1.29 is 13.2 Å². The number of nitrogens with two attached hydrogens (primary N) is 2. The molecule has 0 aliphatic rings. The SMILES string of the molecule is CCN(CC)S(=O)(=O)N/C(N)=N\C(=O)c1nc(Cl)c(NC(C)C)nc1N. The zero-order valence-corrected chi connectivity index (χ0v) is 16.5. The van der Waals surface area contributed by atoms with Crippen LogP contribution in [0.1, 0.15) is 38.2 Å². The average molecular weight is 407 g/mol. The fourth-order valence-electron chi connectivity index (χ4n) is 1.90. The van der Waals surface area contributed by atoms with Gasteiger partial charge in [0.15, 0.2) is 22.5 Å². The lowest BCUT2D eigenvalue weighted by atomic mass is 10.3. The number of anilines is 2. The quantitative estimate of drug-likeness (QED) is 0.366. The predicted octanol–water partition coefficient (Wildman–Crippen LogP) is 0.164. The minimum atomic E-state index is -3.92. The number of halogens is 1. The molecule has 0 aliphatic heterocycles. The standard InChI is InChI=1S/C13H23ClN8O3S/c1-5-22(6-2)26(24,25)21-13(16)20-12(23)8-10(15)19-11(9(14)18-8)17-7(3)4/h7H,5-6H2,1-4H3,(H3,15,17,19)(H3,16,20,21,23). The maximum Gasteiger partial charge on any atom is 0.303 e. The largest absolute Gasteiger partial charge is 0.382 e. The van der Waals surface area contributed by atoms with E-state index in [2.05, 4.69) is 20.3 Å². The normalized spacial score (nSPS) is 12.5. The number of carbonyl (C=O) groups is 1. The molecule has 0 saturated heterocycles. The topological polar surface area (TPSA) is 169 Å². The van der Waals surface area contributed by atoms with Gasteiger partial charge in [-0.25, -0.2) is 14.7 Å². The van der Waals surface area contributed by atoms with Gasteiger partial charge < -0.3 is 16.8 Å². The van der Waals surface area contributed by atoms with Gasteiger partial charge in [-0.05, 0) is 13.8 Å². The number of carbonyl (C=O) groups excluding carboxylic acids is 1. The second kappa shape index (κ2) is 8.96. The van der Waals surface area contributed by atoms with Crippen LogP contribution in [-0.2, 0) is 10.2 Å². The summed E-state index contributed by atoms with van der Waals surface area (Å²) in [5.41, 5.74) is 10.9. The molecule has 6 N–H and O–H groups in total. The van der Waals surface area contributed by atoms with Gasteiger partial charge in [0.05, 0.1) is 0 Å². The molecule has 0 saturated carbocycles. The summed E-state index contributed by atoms with van der Waals surface area (Å²) < 4.78 is 27.2. The monoisotopic (exact) mass is 406 g/mol. The number of amides is 1. The molecule has 1 aromatic rings. The van der Waals surface area contributed by atoms with Gasteiger partial charge in [0.25, 0.3) is 0 Å². The van der Waals surface area contributed by atoms with Crippen LogP contribution in [0.4, 0.5) is 11.6 Å². The number of nitrogen functional groups attached to an aromatic ring is 1. The van der Waals surface area contributed by atoms with Crippen molar-refractivity contribution in [2.45, 2.75) is 33.7 Å². The van der Waals surface area contributed by atoms with Gasteiger partial charge in [-0.3, -0.25) is 4.79 Å². The summed E-state index contributed by atoms with van der Waals surface area (Å²) in [4.78, 5) is 23.5. The van der Waals surface area contributed by atoms with E-state index in [9.17, 15) is 13.2 Å². The van der Waals surface area contributed by atoms with Gasteiger partial charge in [0.1, 0.15) is 0 Å². The average Bonchev–Trinajstić information content (AvgIpc) is 2.49. The van der Waals surface area contributed by atoms with Crippen molar-refractivity contribution in [1.82, 2.24) is 19.0 Å². The van der Waals surface area contributed by atoms with E-state index in [1.165, 1.54) is 0 Å². The zero-order valence-electron chi connectivity index (χ0n) is 14.9. The smallest absolute Gasteiger partial charge is 0.303 e. The van der Waals surface area contributed by atoms with Gasteiger partial charge in [0.2, 0.25) is 5.96 Å². The van der Waals surface area contributed by atoms with E-state index in [-0.39, 0.29) is 41.6 Å². The highest BCUT2D eigenvalue weighted by Crippen LogP contribution is 2.21. The molecule has 0 aromatic carbocycles. The number of nitrogens with zero attached hydrogens (tertiary/aromatic N) is 4. The van der Waals surface area contributed by atoms with Crippen molar-refractivity contribution >= 4 is 45.3 Å². The van der Waals surface area contributed by atoms with Crippen LogP contribution < -0.4 is 21.5 Å². The van der Waals surface area contributed by atoms with E-state index in [4.69, 9.17) is 23.1 Å². The van der Waals surface area contributed by atoms with E-state index in [0.29, 0.717) is 0 Å². The van der Waals surface area contributed by atoms with Crippen LogP contribution in [0.15, 0.2) is 4.99 Å². The minimum Gasteiger partial charge on any atom is -0.382 e. The lowest BCUT2D eigenvalue weighted by molar-refractivity contribution is 0.0998. The highest BCUT2D eigenvalue weighted by molar-refractivity contribution is 7.87. The zero-order chi connectivity index (χ0) is 20.1. The molecular weight excluding hydrogens is 384 g/mol. The van der Waals surface area contributed by atoms with Crippen LogP contribution in [0.2, 0.25) is 5.15 Å². The molecule has 0 bridgehead atoms. The molecule has 26 heavy (non-hydrogen) atoms. The van der Waals surface area contributed by atoms with E-state index in [1.54, 1.807) is 13.8 Å². The molecule has 0 spiro atoms. The maximum absolute atomic E-state index is 12.2. The summed E-state index contributed by atoms with van der Waals surface area (Å²) in [6, 6.07) is 0.0194. The lowest BCUT2D eigenvalue weighted by Gasteiger charge is -2.18. The third-order valence-corrected chi connectivity index (χ3v) is 4.94. The van der Waals surface area contributed by atoms with E-state index in [1.807, 2.05) is 18.6 Å². The first-order chi connectivity index (χ1) is 12.0. The Balaban J connectivity index is 3.06. The van der Waals surface area contributed by atoms with E-state index >= 15 is 0 Å². The van der Waals surface area contributed by atoms with Crippen LogP contribution in [0.5, 0.6) is 0 Å². The van der Waals surface area contributed by atoms with Crippen LogP contribution in [-0.4, -0.2) is 53.7 Å². The Labute approximate surface area is 157 Å². The van der Waals surface area contributed by atoms with Crippen molar-refractivity contribution in [3.05, 3.63) is 10.8 Å². The lowest BCUT2D eigenvalue weighted by Crippen LogP contribution is -2.46. The molecule has 0 unspecified atom stereocenters. The molecular formula is C13H23ClN8O3S. The first kappa shape index (κ1) is 21.9. The second-order valence-corrected chi connectivity index (χ2v) is 7.42. The Morgan fingerprint density at radius 1 is 1.31 bits per heavy atom. The Bertz CT molecular complexity index is 793. The molecule has 0 aliphatic carbocycles. The van der Waals surface area contributed by atoms with Gasteiger partial charge in [-0.1, -0.05) is 25.4 Å². The molecule has 146 valence electrons. The number of hydrogen-bond donors (Lipinski definition) is 4. The summed E-state index contributed by atoms with van der Waals surface area (Å²) >= 11 is 5.97. The first-order valence-electron chi connectivity index (χ1n) is 7.77. The number of rotatable bonds is 7. The molecule has 1 rings (SSSR count). The third kappa shape index (κ3) is 5.68. The number of aromatic nitrogens is 2. The van der Waals surface area contributed by atoms with Gasteiger partial charge in [-0.15, -0.1) is 0 Å². The van der Waals surface area contributed by atoms with E-state index < -0.39 is 22.1 Å². The highest BCUT2D eigenvalue weighted by atomic mass is 35.5. The Hall–Kier alpha value is -2.18. The summed E-state index contributed by atoms with van der Waals surface area (Å²) in [6.45, 7) is 7.50. The van der Waals surface area contributed by atoms with Crippen LogP contribution in [0, 0.1) is 0 Å². The van der Waals surface area contributed by atoms with Crippen molar-refractivity contribution in [1.29, 1.82) is 0 Å². The summed E-state index contributed by atoms with van der Waals surface area (Å²) in [5, 5.41) is 2.85.